The predicted octanol–water partition coefficient (Wildman–Crippen LogP) is 3.25. The maximum Gasteiger partial charge on any atom is 0.0705 e. The molecule has 0 spiro atoms. The fraction of sp³-hybridized carbons (Fsp3) is 0.550. The zero-order valence-electron chi connectivity index (χ0n) is 14.4. The lowest BCUT2D eigenvalue weighted by atomic mass is 9.73. The molecule has 4 heteroatoms. The Hall–Kier alpha value is -1.49. The van der Waals surface area contributed by atoms with E-state index in [4.69, 9.17) is 14.5 Å². The van der Waals surface area contributed by atoms with Crippen LogP contribution in [-0.4, -0.2) is 49.4 Å². The van der Waals surface area contributed by atoms with Crippen molar-refractivity contribution in [2.75, 3.05) is 33.4 Å². The van der Waals surface area contributed by atoms with Gasteiger partial charge in [-0.1, -0.05) is 24.3 Å². The van der Waals surface area contributed by atoms with E-state index < -0.39 is 0 Å². The van der Waals surface area contributed by atoms with Crippen molar-refractivity contribution in [3.8, 4) is 0 Å². The minimum Gasteiger partial charge on any atom is -0.384 e. The topological polar surface area (TPSA) is 34.6 Å². The van der Waals surface area contributed by atoms with Crippen molar-refractivity contribution in [2.24, 2.45) is 5.41 Å². The second-order valence-electron chi connectivity index (χ2n) is 7.25. The number of piperidine rings is 1. The number of benzene rings is 1. The molecule has 128 valence electrons. The van der Waals surface area contributed by atoms with Gasteiger partial charge in [0.25, 0.3) is 0 Å². The summed E-state index contributed by atoms with van der Waals surface area (Å²) in [5, 5.41) is 1.21. The number of hydrogen-bond donors (Lipinski definition) is 0. The number of ether oxygens (including phenoxy) is 2. The number of methoxy groups -OCH3 is 1. The lowest BCUT2D eigenvalue weighted by molar-refractivity contribution is -0.149. The summed E-state index contributed by atoms with van der Waals surface area (Å²) in [6, 6.07) is 12.7. The van der Waals surface area contributed by atoms with Crippen LogP contribution in [-0.2, 0) is 16.0 Å². The van der Waals surface area contributed by atoms with E-state index in [-0.39, 0.29) is 5.41 Å². The van der Waals surface area contributed by atoms with Gasteiger partial charge < -0.3 is 9.47 Å². The SMILES string of the molecule is COC[C@]12CCCO[C@@H]1CCN(Cc1ccc3ccccc3n1)C2. The van der Waals surface area contributed by atoms with Crippen LogP contribution in [0.4, 0.5) is 0 Å². The molecule has 3 heterocycles. The Bertz CT molecular complexity index is 701. The van der Waals surface area contributed by atoms with Crippen LogP contribution >= 0.6 is 0 Å². The van der Waals surface area contributed by atoms with Crippen LogP contribution in [0.3, 0.4) is 0 Å². The van der Waals surface area contributed by atoms with E-state index in [1.807, 2.05) is 7.11 Å². The molecule has 0 bridgehead atoms. The lowest BCUT2D eigenvalue weighted by Gasteiger charge is -2.50. The normalized spacial score (nSPS) is 28.0. The van der Waals surface area contributed by atoms with E-state index in [2.05, 4.69) is 41.3 Å². The second kappa shape index (κ2) is 6.79. The molecule has 24 heavy (non-hydrogen) atoms. The summed E-state index contributed by atoms with van der Waals surface area (Å²) in [5.74, 6) is 0. The third kappa shape index (κ3) is 3.06. The van der Waals surface area contributed by atoms with E-state index >= 15 is 0 Å². The number of fused-ring (bicyclic) bond motifs is 2. The van der Waals surface area contributed by atoms with E-state index in [1.54, 1.807) is 0 Å². The van der Waals surface area contributed by atoms with Gasteiger partial charge in [-0.3, -0.25) is 9.88 Å². The standard InChI is InChI=1S/C20H26N2O2/c1-23-15-20-10-4-12-24-19(20)9-11-22(14-20)13-17-8-7-16-5-2-3-6-18(16)21-17/h2-3,5-8,19H,4,9-15H2,1H3/t19-,20-/m1/s1. The molecule has 0 radical (unpaired) electrons. The number of para-hydroxylation sites is 1. The third-order valence-corrected chi connectivity index (χ3v) is 5.54. The largest absolute Gasteiger partial charge is 0.384 e. The van der Waals surface area contributed by atoms with Crippen LogP contribution in [0.1, 0.15) is 25.0 Å². The van der Waals surface area contributed by atoms with Crippen molar-refractivity contribution in [3.63, 3.8) is 0 Å². The molecule has 0 aliphatic carbocycles. The predicted molar refractivity (Wildman–Crippen MR) is 94.9 cm³/mol. The highest BCUT2D eigenvalue weighted by atomic mass is 16.5. The first-order chi connectivity index (χ1) is 11.8. The fourth-order valence-electron chi connectivity index (χ4n) is 4.44. The molecule has 4 rings (SSSR count). The summed E-state index contributed by atoms with van der Waals surface area (Å²) < 4.78 is 11.6. The average molecular weight is 326 g/mol. The molecule has 0 saturated carbocycles. The Morgan fingerprint density at radius 1 is 1.29 bits per heavy atom. The van der Waals surface area contributed by atoms with Crippen LogP contribution in [0, 0.1) is 5.41 Å². The maximum absolute atomic E-state index is 6.07. The molecule has 1 aromatic heterocycles. The van der Waals surface area contributed by atoms with Gasteiger partial charge in [-0.2, -0.15) is 0 Å². The van der Waals surface area contributed by atoms with Gasteiger partial charge in [0.1, 0.15) is 0 Å². The Morgan fingerprint density at radius 3 is 3.12 bits per heavy atom. The van der Waals surface area contributed by atoms with Gasteiger partial charge >= 0.3 is 0 Å². The van der Waals surface area contributed by atoms with Crippen LogP contribution in [0.15, 0.2) is 36.4 Å². The smallest absolute Gasteiger partial charge is 0.0705 e. The van der Waals surface area contributed by atoms with Crippen LogP contribution in [0.25, 0.3) is 10.9 Å². The number of hydrogen-bond acceptors (Lipinski definition) is 4. The second-order valence-corrected chi connectivity index (χ2v) is 7.25. The zero-order valence-corrected chi connectivity index (χ0v) is 14.4. The zero-order chi connectivity index (χ0) is 16.4. The summed E-state index contributed by atoms with van der Waals surface area (Å²) in [4.78, 5) is 7.37. The van der Waals surface area contributed by atoms with Gasteiger partial charge in [0.2, 0.25) is 0 Å². The monoisotopic (exact) mass is 326 g/mol. The first kappa shape index (κ1) is 16.0. The first-order valence-corrected chi connectivity index (χ1v) is 8.97. The minimum absolute atomic E-state index is 0.155. The summed E-state index contributed by atoms with van der Waals surface area (Å²) >= 11 is 0. The van der Waals surface area contributed by atoms with Gasteiger partial charge in [-0.15, -0.1) is 0 Å². The highest BCUT2D eigenvalue weighted by Crippen LogP contribution is 2.40. The Balaban J connectivity index is 1.51. The molecule has 0 amide bonds. The molecule has 2 fully saturated rings. The number of rotatable bonds is 4. The molecule has 2 atom stereocenters. The van der Waals surface area contributed by atoms with Gasteiger partial charge in [-0.25, -0.2) is 0 Å². The molecular weight excluding hydrogens is 300 g/mol. The quantitative estimate of drug-likeness (QED) is 0.864. The molecule has 4 nitrogen and oxygen atoms in total. The van der Waals surface area contributed by atoms with E-state index in [0.29, 0.717) is 6.10 Å². The number of pyridine rings is 1. The number of aromatic nitrogens is 1. The summed E-state index contributed by atoms with van der Waals surface area (Å²) in [5.41, 5.74) is 2.39. The van der Waals surface area contributed by atoms with Crippen molar-refractivity contribution >= 4 is 10.9 Å². The number of nitrogens with zero attached hydrogens (tertiary/aromatic N) is 2. The van der Waals surface area contributed by atoms with Gasteiger partial charge in [0.05, 0.1) is 23.9 Å². The van der Waals surface area contributed by atoms with E-state index in [1.165, 1.54) is 11.8 Å². The Kier molecular flexibility index (Phi) is 4.53. The lowest BCUT2D eigenvalue weighted by Crippen LogP contribution is -2.56. The van der Waals surface area contributed by atoms with Crippen LogP contribution in [0.5, 0.6) is 0 Å². The molecule has 0 N–H and O–H groups in total. The molecule has 2 saturated heterocycles. The van der Waals surface area contributed by atoms with Crippen molar-refractivity contribution in [1.29, 1.82) is 0 Å². The van der Waals surface area contributed by atoms with Gasteiger partial charge in [0, 0.05) is 44.2 Å². The van der Waals surface area contributed by atoms with E-state index in [0.717, 1.165) is 56.9 Å². The van der Waals surface area contributed by atoms with Gasteiger partial charge in [0.15, 0.2) is 0 Å². The average Bonchev–Trinajstić information content (AvgIpc) is 2.61. The summed E-state index contributed by atoms with van der Waals surface area (Å²) in [6.45, 7) is 4.72. The van der Waals surface area contributed by atoms with Gasteiger partial charge in [-0.05, 0) is 31.4 Å². The van der Waals surface area contributed by atoms with E-state index in [9.17, 15) is 0 Å². The minimum atomic E-state index is 0.155. The van der Waals surface area contributed by atoms with Crippen molar-refractivity contribution < 1.29 is 9.47 Å². The highest BCUT2D eigenvalue weighted by molar-refractivity contribution is 5.78. The molecular formula is C20H26N2O2. The van der Waals surface area contributed by atoms with Crippen molar-refractivity contribution in [2.45, 2.75) is 31.9 Å². The highest BCUT2D eigenvalue weighted by Gasteiger charge is 2.45. The first-order valence-electron chi connectivity index (χ1n) is 8.97. The molecule has 2 aliphatic heterocycles. The summed E-state index contributed by atoms with van der Waals surface area (Å²) in [6.07, 6.45) is 3.79. The summed E-state index contributed by atoms with van der Waals surface area (Å²) in [7, 11) is 1.81. The number of likely N-dealkylation sites (tertiary alicyclic amines) is 1. The fourth-order valence-corrected chi connectivity index (χ4v) is 4.44. The molecule has 2 aromatic rings. The van der Waals surface area contributed by atoms with Crippen molar-refractivity contribution in [3.05, 3.63) is 42.1 Å². The van der Waals surface area contributed by atoms with Crippen LogP contribution in [0.2, 0.25) is 0 Å². The third-order valence-electron chi connectivity index (χ3n) is 5.54. The Morgan fingerprint density at radius 2 is 2.21 bits per heavy atom. The maximum atomic E-state index is 6.07. The van der Waals surface area contributed by atoms with Crippen molar-refractivity contribution in [1.82, 2.24) is 9.88 Å². The molecule has 1 aromatic carbocycles. The molecule has 0 unspecified atom stereocenters. The molecule has 2 aliphatic rings. The van der Waals surface area contributed by atoms with Crippen LogP contribution < -0.4 is 0 Å². The Labute approximate surface area is 143 Å².